The quantitative estimate of drug-likeness (QED) is 0.810. The van der Waals surface area contributed by atoms with Crippen LogP contribution in [0.25, 0.3) is 0 Å². The third kappa shape index (κ3) is 2.64. The summed E-state index contributed by atoms with van der Waals surface area (Å²) in [6.07, 6.45) is 1.45. The first-order valence-corrected chi connectivity index (χ1v) is 7.34. The summed E-state index contributed by atoms with van der Waals surface area (Å²) in [5.74, 6) is 0.932. The number of ether oxygens (including phenoxy) is 1. The normalized spacial score (nSPS) is 15.9. The highest BCUT2D eigenvalue weighted by Gasteiger charge is 2.36. The molecule has 3 rings (SSSR count). The highest BCUT2D eigenvalue weighted by Crippen LogP contribution is 2.37. The summed E-state index contributed by atoms with van der Waals surface area (Å²) in [6.45, 7) is 6.03. The average Bonchev–Trinajstić information content (AvgIpc) is 2.47. The monoisotopic (exact) mass is 317 g/mol. The maximum atomic E-state index is 12.9. The number of carbonyl (C=O) groups is 1. The topological polar surface area (TPSA) is 55.3 Å². The van der Waals surface area contributed by atoms with Crippen LogP contribution in [0.15, 0.2) is 30.5 Å². The Balaban J connectivity index is 2.07. The summed E-state index contributed by atoms with van der Waals surface area (Å²) in [4.78, 5) is 22.8. The van der Waals surface area contributed by atoms with Crippen molar-refractivity contribution in [1.82, 2.24) is 9.97 Å². The molecule has 1 aromatic heterocycles. The van der Waals surface area contributed by atoms with E-state index in [9.17, 15) is 4.79 Å². The minimum atomic E-state index is -0.488. The number of aromatic nitrogens is 2. The number of amides is 1. The van der Waals surface area contributed by atoms with Gasteiger partial charge in [0.25, 0.3) is 5.91 Å². The standard InChI is InChI=1S/C16H16ClN3O2/c1-10-18-8-11(17)14(19-10)15(21)20-9-16(2,3)22-13-7-5-4-6-12(13)20/h4-8H,9H2,1-3H3. The summed E-state index contributed by atoms with van der Waals surface area (Å²) >= 11 is 6.10. The zero-order valence-corrected chi connectivity index (χ0v) is 13.4. The van der Waals surface area contributed by atoms with E-state index in [0.29, 0.717) is 18.1 Å². The van der Waals surface area contributed by atoms with E-state index in [1.165, 1.54) is 6.20 Å². The Morgan fingerprint density at radius 1 is 1.36 bits per heavy atom. The van der Waals surface area contributed by atoms with Crippen molar-refractivity contribution in [3.63, 3.8) is 0 Å². The molecule has 5 nitrogen and oxygen atoms in total. The summed E-state index contributed by atoms with van der Waals surface area (Å²) in [5.41, 5.74) is 0.444. The molecule has 1 amide bonds. The van der Waals surface area contributed by atoms with Crippen LogP contribution < -0.4 is 9.64 Å². The molecule has 2 aromatic rings. The van der Waals surface area contributed by atoms with Gasteiger partial charge in [0.05, 0.1) is 23.5 Å². The van der Waals surface area contributed by atoms with E-state index in [1.807, 2.05) is 38.1 Å². The third-order valence-corrected chi connectivity index (χ3v) is 3.67. The van der Waals surface area contributed by atoms with E-state index in [4.69, 9.17) is 16.3 Å². The van der Waals surface area contributed by atoms with Crippen molar-refractivity contribution in [2.24, 2.45) is 0 Å². The van der Waals surface area contributed by atoms with Crippen molar-refractivity contribution < 1.29 is 9.53 Å². The zero-order chi connectivity index (χ0) is 15.9. The second-order valence-electron chi connectivity index (χ2n) is 5.83. The molecule has 0 fully saturated rings. The molecule has 2 heterocycles. The molecule has 0 bridgehead atoms. The number of hydrogen-bond acceptors (Lipinski definition) is 4. The van der Waals surface area contributed by atoms with Crippen molar-refractivity contribution in [3.05, 3.63) is 47.0 Å². The Morgan fingerprint density at radius 3 is 2.86 bits per heavy atom. The van der Waals surface area contributed by atoms with Crippen LogP contribution in [-0.4, -0.2) is 28.0 Å². The zero-order valence-electron chi connectivity index (χ0n) is 12.6. The Labute approximate surface area is 133 Å². The lowest BCUT2D eigenvalue weighted by Crippen LogP contribution is -2.49. The molecular weight excluding hydrogens is 302 g/mol. The molecule has 0 aliphatic carbocycles. The fourth-order valence-electron chi connectivity index (χ4n) is 2.48. The second-order valence-corrected chi connectivity index (χ2v) is 6.24. The lowest BCUT2D eigenvalue weighted by Gasteiger charge is -2.39. The maximum absolute atomic E-state index is 12.9. The van der Waals surface area contributed by atoms with Crippen LogP contribution in [0.4, 0.5) is 5.69 Å². The van der Waals surface area contributed by atoms with Gasteiger partial charge in [-0.05, 0) is 32.9 Å². The largest absolute Gasteiger partial charge is 0.484 e. The molecule has 0 unspecified atom stereocenters. The predicted molar refractivity (Wildman–Crippen MR) is 84.6 cm³/mol. The lowest BCUT2D eigenvalue weighted by atomic mass is 10.0. The highest BCUT2D eigenvalue weighted by molar-refractivity contribution is 6.34. The molecule has 114 valence electrons. The van der Waals surface area contributed by atoms with Crippen LogP contribution in [0.2, 0.25) is 5.02 Å². The molecule has 0 radical (unpaired) electrons. The van der Waals surface area contributed by atoms with Crippen LogP contribution in [0, 0.1) is 6.92 Å². The van der Waals surface area contributed by atoms with Crippen molar-refractivity contribution >= 4 is 23.2 Å². The molecule has 6 heteroatoms. The number of rotatable bonds is 1. The number of halogens is 1. The number of carbonyl (C=O) groups excluding carboxylic acids is 1. The van der Waals surface area contributed by atoms with E-state index in [0.717, 1.165) is 5.69 Å². The van der Waals surface area contributed by atoms with Gasteiger partial charge in [0.2, 0.25) is 0 Å². The van der Waals surface area contributed by atoms with Gasteiger partial charge in [0.1, 0.15) is 17.2 Å². The third-order valence-electron chi connectivity index (χ3n) is 3.39. The van der Waals surface area contributed by atoms with Crippen LogP contribution in [0.5, 0.6) is 5.75 Å². The van der Waals surface area contributed by atoms with Gasteiger partial charge in [-0.1, -0.05) is 23.7 Å². The van der Waals surface area contributed by atoms with Gasteiger partial charge in [-0.2, -0.15) is 0 Å². The number of anilines is 1. The van der Waals surface area contributed by atoms with Crippen LogP contribution >= 0.6 is 11.6 Å². The number of fused-ring (bicyclic) bond motifs is 1. The Hall–Kier alpha value is -2.14. The van der Waals surface area contributed by atoms with Gasteiger partial charge in [-0.15, -0.1) is 0 Å². The smallest absolute Gasteiger partial charge is 0.278 e. The maximum Gasteiger partial charge on any atom is 0.278 e. The van der Waals surface area contributed by atoms with Crippen LogP contribution in [0.3, 0.4) is 0 Å². The summed E-state index contributed by atoms with van der Waals surface area (Å²) in [7, 11) is 0. The molecule has 0 saturated heterocycles. The average molecular weight is 318 g/mol. The molecule has 1 aromatic carbocycles. The van der Waals surface area contributed by atoms with E-state index >= 15 is 0 Å². The van der Waals surface area contributed by atoms with Gasteiger partial charge in [0, 0.05) is 0 Å². The molecule has 1 aliphatic heterocycles. The first-order valence-electron chi connectivity index (χ1n) is 6.96. The van der Waals surface area contributed by atoms with Crippen LogP contribution in [-0.2, 0) is 0 Å². The van der Waals surface area contributed by atoms with Gasteiger partial charge in [-0.25, -0.2) is 9.97 Å². The molecule has 1 aliphatic rings. The number of benzene rings is 1. The summed E-state index contributed by atoms with van der Waals surface area (Å²) < 4.78 is 5.93. The summed E-state index contributed by atoms with van der Waals surface area (Å²) in [5, 5.41) is 0.248. The van der Waals surface area contributed by atoms with Crippen molar-refractivity contribution in [3.8, 4) is 5.75 Å². The second kappa shape index (κ2) is 5.25. The predicted octanol–water partition coefficient (Wildman–Crippen LogP) is 3.26. The lowest BCUT2D eigenvalue weighted by molar-refractivity contribution is 0.0833. The summed E-state index contributed by atoms with van der Waals surface area (Å²) in [6, 6.07) is 7.45. The van der Waals surface area contributed by atoms with Crippen LogP contribution in [0.1, 0.15) is 30.2 Å². The fourth-order valence-corrected chi connectivity index (χ4v) is 2.65. The van der Waals surface area contributed by atoms with Crippen molar-refractivity contribution in [1.29, 1.82) is 0 Å². The minimum Gasteiger partial charge on any atom is -0.484 e. The molecule has 22 heavy (non-hydrogen) atoms. The van der Waals surface area contributed by atoms with Crippen molar-refractivity contribution in [2.75, 3.05) is 11.4 Å². The Kier molecular flexibility index (Phi) is 3.53. The highest BCUT2D eigenvalue weighted by atomic mass is 35.5. The fraction of sp³-hybridized carbons (Fsp3) is 0.312. The number of para-hydroxylation sites is 2. The minimum absolute atomic E-state index is 0.210. The van der Waals surface area contributed by atoms with Gasteiger partial charge in [-0.3, -0.25) is 9.69 Å². The molecule has 0 saturated carbocycles. The molecular formula is C16H16ClN3O2. The molecule has 0 atom stereocenters. The van der Waals surface area contributed by atoms with E-state index in [-0.39, 0.29) is 16.6 Å². The Morgan fingerprint density at radius 2 is 2.09 bits per heavy atom. The van der Waals surface area contributed by atoms with E-state index in [2.05, 4.69) is 9.97 Å². The van der Waals surface area contributed by atoms with Crippen molar-refractivity contribution in [2.45, 2.75) is 26.4 Å². The van der Waals surface area contributed by atoms with E-state index < -0.39 is 5.60 Å². The molecule has 0 N–H and O–H groups in total. The first kappa shape index (κ1) is 14.8. The van der Waals surface area contributed by atoms with Gasteiger partial charge in [0.15, 0.2) is 5.69 Å². The number of aryl methyl sites for hydroxylation is 1. The Bertz CT molecular complexity index is 746. The van der Waals surface area contributed by atoms with Gasteiger partial charge >= 0.3 is 0 Å². The molecule has 0 spiro atoms. The number of nitrogens with zero attached hydrogens (tertiary/aromatic N) is 3. The van der Waals surface area contributed by atoms with E-state index in [1.54, 1.807) is 11.8 Å². The number of hydrogen-bond donors (Lipinski definition) is 0. The van der Waals surface area contributed by atoms with Gasteiger partial charge < -0.3 is 4.74 Å². The first-order chi connectivity index (χ1) is 10.4. The SMILES string of the molecule is Cc1ncc(Cl)c(C(=O)N2CC(C)(C)Oc3ccccc32)n1.